The molecule has 2 unspecified atom stereocenters. The molecule has 0 spiro atoms. The zero-order chi connectivity index (χ0) is 19.6. The maximum atomic E-state index is 12.1. The molecule has 2 heterocycles. The fourth-order valence-electron chi connectivity index (χ4n) is 4.00. The van der Waals surface area contributed by atoms with Gasteiger partial charge in [0.05, 0.1) is 12.5 Å². The highest BCUT2D eigenvalue weighted by atomic mass is 127. The number of esters is 1. The van der Waals surface area contributed by atoms with Gasteiger partial charge in [-0.2, -0.15) is 0 Å². The number of carbonyl (C=O) groups excluding carboxylic acids is 2. The van der Waals surface area contributed by atoms with Crippen LogP contribution >= 0.6 is 24.0 Å². The largest absolute Gasteiger partial charge is 0.466 e. The molecule has 1 N–H and O–H groups in total. The third kappa shape index (κ3) is 7.08. The van der Waals surface area contributed by atoms with Crippen molar-refractivity contribution in [2.24, 2.45) is 10.9 Å². The number of nitrogens with zero attached hydrogens (tertiary/aromatic N) is 3. The molecule has 0 bridgehead atoms. The first kappa shape index (κ1) is 25.0. The number of nitrogens with one attached hydrogen (secondary N) is 1. The number of rotatable bonds is 8. The summed E-state index contributed by atoms with van der Waals surface area (Å²) in [6, 6.07) is 0.278. The predicted molar refractivity (Wildman–Crippen MR) is 122 cm³/mol. The summed E-state index contributed by atoms with van der Waals surface area (Å²) in [4.78, 5) is 33.1. The Labute approximate surface area is 186 Å². The minimum Gasteiger partial charge on any atom is -0.466 e. The zero-order valence-corrected chi connectivity index (χ0v) is 19.9. The van der Waals surface area contributed by atoms with Crippen molar-refractivity contribution in [3.63, 3.8) is 0 Å². The van der Waals surface area contributed by atoms with E-state index >= 15 is 0 Å². The fraction of sp³-hybridized carbons (Fsp3) is 0.850. The van der Waals surface area contributed by atoms with E-state index in [0.29, 0.717) is 26.1 Å². The van der Waals surface area contributed by atoms with E-state index in [4.69, 9.17) is 9.73 Å². The number of amides is 1. The maximum Gasteiger partial charge on any atom is 0.310 e. The van der Waals surface area contributed by atoms with Gasteiger partial charge >= 0.3 is 5.97 Å². The number of guanidine groups is 1. The summed E-state index contributed by atoms with van der Waals surface area (Å²) >= 11 is 0. The summed E-state index contributed by atoms with van der Waals surface area (Å²) in [6.45, 7) is 10.4. The average Bonchev–Trinajstić information content (AvgIpc) is 3.10. The van der Waals surface area contributed by atoms with Gasteiger partial charge in [0.25, 0.3) is 0 Å². The van der Waals surface area contributed by atoms with Crippen molar-refractivity contribution in [2.75, 3.05) is 39.3 Å². The first-order valence-corrected chi connectivity index (χ1v) is 10.6. The topological polar surface area (TPSA) is 74.2 Å². The third-order valence-corrected chi connectivity index (χ3v) is 5.42. The molecule has 7 nitrogen and oxygen atoms in total. The van der Waals surface area contributed by atoms with E-state index in [1.54, 1.807) is 0 Å². The molecule has 2 rings (SSSR count). The Bertz CT molecular complexity index is 530. The number of carbonyl (C=O) groups is 2. The van der Waals surface area contributed by atoms with Gasteiger partial charge in [-0.3, -0.25) is 14.6 Å². The van der Waals surface area contributed by atoms with E-state index in [9.17, 15) is 9.59 Å². The van der Waals surface area contributed by atoms with Crippen LogP contribution in [0, 0.1) is 5.92 Å². The maximum absolute atomic E-state index is 12.1. The summed E-state index contributed by atoms with van der Waals surface area (Å²) < 4.78 is 5.20. The van der Waals surface area contributed by atoms with E-state index < -0.39 is 0 Å². The fourth-order valence-corrected chi connectivity index (χ4v) is 4.00. The second kappa shape index (κ2) is 13.2. The number of halogens is 1. The molecule has 28 heavy (non-hydrogen) atoms. The first-order chi connectivity index (χ1) is 13.1. The van der Waals surface area contributed by atoms with Gasteiger partial charge in [-0.15, -0.1) is 24.0 Å². The lowest BCUT2D eigenvalue weighted by Crippen LogP contribution is -2.48. The van der Waals surface area contributed by atoms with Crippen LogP contribution in [-0.2, 0) is 14.3 Å². The first-order valence-electron chi connectivity index (χ1n) is 10.6. The van der Waals surface area contributed by atoms with Gasteiger partial charge in [-0.05, 0) is 46.0 Å². The Kier molecular flexibility index (Phi) is 11.8. The van der Waals surface area contributed by atoms with Crippen molar-refractivity contribution < 1.29 is 14.3 Å². The minimum atomic E-state index is -0.100. The number of ether oxygens (including phenoxy) is 1. The van der Waals surface area contributed by atoms with Crippen LogP contribution in [0.4, 0.5) is 0 Å². The van der Waals surface area contributed by atoms with Gasteiger partial charge in [0, 0.05) is 45.2 Å². The molecule has 2 aliphatic heterocycles. The van der Waals surface area contributed by atoms with Crippen molar-refractivity contribution in [1.82, 2.24) is 15.1 Å². The average molecular weight is 508 g/mol. The van der Waals surface area contributed by atoms with Crippen LogP contribution in [0.25, 0.3) is 0 Å². The molecule has 0 saturated carbocycles. The van der Waals surface area contributed by atoms with Gasteiger partial charge in [-0.1, -0.05) is 6.92 Å². The number of likely N-dealkylation sites (tertiary alicyclic amines) is 2. The molecule has 0 aromatic rings. The van der Waals surface area contributed by atoms with Gasteiger partial charge < -0.3 is 19.9 Å². The van der Waals surface area contributed by atoms with E-state index in [0.717, 1.165) is 57.7 Å². The molecule has 2 aliphatic rings. The zero-order valence-electron chi connectivity index (χ0n) is 17.6. The summed E-state index contributed by atoms with van der Waals surface area (Å²) in [5.41, 5.74) is 0. The van der Waals surface area contributed by atoms with Crippen molar-refractivity contribution in [2.45, 2.75) is 65.3 Å². The van der Waals surface area contributed by atoms with Crippen LogP contribution in [0.15, 0.2) is 4.99 Å². The lowest BCUT2D eigenvalue weighted by atomic mass is 9.98. The number of hydrogen-bond donors (Lipinski definition) is 1. The Morgan fingerprint density at radius 1 is 1.29 bits per heavy atom. The standard InChI is InChI=1S/C20H36N4O3.HI/c1-4-17(24-14-8-10-18(24)25)11-12-22-20(21-5-2)23-13-7-9-16(15-23)19(26)27-6-3;/h16-17H,4-15H2,1-3H3,(H,21,22);1H. The molecule has 0 radical (unpaired) electrons. The highest BCUT2D eigenvalue weighted by Gasteiger charge is 2.29. The lowest BCUT2D eigenvalue weighted by Gasteiger charge is -2.34. The van der Waals surface area contributed by atoms with Gasteiger partial charge in [0.15, 0.2) is 5.96 Å². The predicted octanol–water partition coefficient (Wildman–Crippen LogP) is 2.64. The molecular formula is C20H37IN4O3. The smallest absolute Gasteiger partial charge is 0.310 e. The van der Waals surface area contributed by atoms with E-state index in [2.05, 4.69) is 24.1 Å². The van der Waals surface area contributed by atoms with Crippen molar-refractivity contribution >= 4 is 41.8 Å². The normalized spacial score (nSPS) is 21.3. The van der Waals surface area contributed by atoms with E-state index in [1.807, 2.05) is 11.8 Å². The van der Waals surface area contributed by atoms with Gasteiger partial charge in [0.1, 0.15) is 0 Å². The number of hydrogen-bond acceptors (Lipinski definition) is 4. The van der Waals surface area contributed by atoms with Crippen LogP contribution in [0.2, 0.25) is 0 Å². The van der Waals surface area contributed by atoms with E-state index in [-0.39, 0.29) is 47.8 Å². The number of piperidine rings is 1. The third-order valence-electron chi connectivity index (χ3n) is 5.42. The van der Waals surface area contributed by atoms with Crippen molar-refractivity contribution in [3.8, 4) is 0 Å². The van der Waals surface area contributed by atoms with Crippen LogP contribution < -0.4 is 5.32 Å². The molecule has 2 fully saturated rings. The second-order valence-corrected chi connectivity index (χ2v) is 7.31. The lowest BCUT2D eigenvalue weighted by molar-refractivity contribution is -0.149. The monoisotopic (exact) mass is 508 g/mol. The van der Waals surface area contributed by atoms with Gasteiger partial charge in [-0.25, -0.2) is 0 Å². The molecule has 0 aromatic heterocycles. The summed E-state index contributed by atoms with van der Waals surface area (Å²) in [5, 5.41) is 3.36. The van der Waals surface area contributed by atoms with Crippen LogP contribution in [0.3, 0.4) is 0 Å². The quantitative estimate of drug-likeness (QED) is 0.236. The minimum absolute atomic E-state index is 0. The van der Waals surface area contributed by atoms with Gasteiger partial charge in [0.2, 0.25) is 5.91 Å². The molecule has 162 valence electrons. The number of aliphatic imine (C=N–C) groups is 1. The van der Waals surface area contributed by atoms with Crippen molar-refractivity contribution in [1.29, 1.82) is 0 Å². The highest BCUT2D eigenvalue weighted by Crippen LogP contribution is 2.20. The van der Waals surface area contributed by atoms with Crippen LogP contribution in [0.5, 0.6) is 0 Å². The summed E-state index contributed by atoms with van der Waals surface area (Å²) in [6.07, 6.45) is 5.35. The molecular weight excluding hydrogens is 471 g/mol. The Balaban J connectivity index is 0.00000392. The summed E-state index contributed by atoms with van der Waals surface area (Å²) in [5.74, 6) is 0.977. The van der Waals surface area contributed by atoms with Crippen LogP contribution in [0.1, 0.15) is 59.3 Å². The molecule has 1 amide bonds. The van der Waals surface area contributed by atoms with Crippen LogP contribution in [-0.4, -0.2) is 73.0 Å². The Morgan fingerprint density at radius 3 is 2.68 bits per heavy atom. The SMILES string of the molecule is CCNC(=NCCC(CC)N1CCCC1=O)N1CCCC(C(=O)OCC)C1.I. The van der Waals surface area contributed by atoms with Crippen molar-refractivity contribution in [3.05, 3.63) is 0 Å². The molecule has 8 heteroatoms. The van der Waals surface area contributed by atoms with E-state index in [1.165, 1.54) is 0 Å². The second-order valence-electron chi connectivity index (χ2n) is 7.31. The summed E-state index contributed by atoms with van der Waals surface area (Å²) in [7, 11) is 0. The highest BCUT2D eigenvalue weighted by molar-refractivity contribution is 14.0. The molecule has 0 aliphatic carbocycles. The molecule has 0 aromatic carbocycles. The molecule has 2 saturated heterocycles. The Hall–Kier alpha value is -1.06. The Morgan fingerprint density at radius 2 is 2.07 bits per heavy atom. The molecule has 2 atom stereocenters.